The highest BCUT2D eigenvalue weighted by atomic mass is 16.5. The second kappa shape index (κ2) is 5.63. The first-order chi connectivity index (χ1) is 9.74. The Balaban J connectivity index is 1.79. The summed E-state index contributed by atoms with van der Waals surface area (Å²) >= 11 is 0. The van der Waals surface area contributed by atoms with E-state index in [0.717, 1.165) is 30.0 Å². The molecule has 0 radical (unpaired) electrons. The van der Waals surface area contributed by atoms with E-state index in [1.807, 2.05) is 37.3 Å². The molecule has 0 amide bonds. The first kappa shape index (κ1) is 13.1. The Morgan fingerprint density at radius 3 is 3.05 bits per heavy atom. The smallest absolute Gasteiger partial charge is 0.122 e. The number of hydrogen-bond donors (Lipinski definition) is 1. The van der Waals surface area contributed by atoms with Crippen molar-refractivity contribution in [3.8, 4) is 5.75 Å². The summed E-state index contributed by atoms with van der Waals surface area (Å²) < 4.78 is 5.66. The van der Waals surface area contributed by atoms with E-state index >= 15 is 0 Å². The Morgan fingerprint density at radius 1 is 1.35 bits per heavy atom. The van der Waals surface area contributed by atoms with Crippen LogP contribution in [-0.2, 0) is 0 Å². The zero-order valence-electron chi connectivity index (χ0n) is 11.6. The summed E-state index contributed by atoms with van der Waals surface area (Å²) in [5.74, 6) is 1.28. The Labute approximate surface area is 119 Å². The molecule has 0 spiro atoms. The average Bonchev–Trinajstić information content (AvgIpc) is 2.47. The number of rotatable bonds is 3. The lowest BCUT2D eigenvalue weighted by molar-refractivity contribution is 0.141. The number of fused-ring (bicyclic) bond motifs is 1. The molecule has 1 aliphatic rings. The highest BCUT2D eigenvalue weighted by Crippen LogP contribution is 2.38. The van der Waals surface area contributed by atoms with Crippen molar-refractivity contribution in [1.29, 1.82) is 0 Å². The van der Waals surface area contributed by atoms with Gasteiger partial charge in [0.25, 0.3) is 0 Å². The van der Waals surface area contributed by atoms with Crippen molar-refractivity contribution < 1.29 is 9.84 Å². The highest BCUT2D eigenvalue weighted by Gasteiger charge is 2.24. The van der Waals surface area contributed by atoms with Gasteiger partial charge in [0.05, 0.1) is 18.4 Å². The van der Waals surface area contributed by atoms with Gasteiger partial charge in [0, 0.05) is 6.20 Å². The SMILES string of the molecule is Cc1ccnc(C(O)CC2CCOc3ccccc32)c1. The second-order valence-electron chi connectivity index (χ2n) is 5.38. The summed E-state index contributed by atoms with van der Waals surface area (Å²) in [5, 5.41) is 10.4. The normalized spacial score (nSPS) is 19.0. The fourth-order valence-corrected chi connectivity index (χ4v) is 2.79. The topological polar surface area (TPSA) is 42.4 Å². The fraction of sp³-hybridized carbons (Fsp3) is 0.353. The predicted molar refractivity (Wildman–Crippen MR) is 77.8 cm³/mol. The van der Waals surface area contributed by atoms with E-state index in [-0.39, 0.29) is 0 Å². The summed E-state index contributed by atoms with van der Waals surface area (Å²) in [6.45, 7) is 2.73. The molecule has 2 unspecified atom stereocenters. The van der Waals surface area contributed by atoms with Crippen molar-refractivity contribution in [3.63, 3.8) is 0 Å². The van der Waals surface area contributed by atoms with E-state index in [2.05, 4.69) is 11.1 Å². The summed E-state index contributed by atoms with van der Waals surface area (Å²) in [4.78, 5) is 4.28. The van der Waals surface area contributed by atoms with E-state index in [9.17, 15) is 5.11 Å². The molecule has 2 aromatic rings. The van der Waals surface area contributed by atoms with Gasteiger partial charge in [0.1, 0.15) is 5.75 Å². The molecule has 20 heavy (non-hydrogen) atoms. The molecule has 0 saturated carbocycles. The monoisotopic (exact) mass is 269 g/mol. The van der Waals surface area contributed by atoms with Gasteiger partial charge in [-0.15, -0.1) is 0 Å². The van der Waals surface area contributed by atoms with Crippen LogP contribution in [0.4, 0.5) is 0 Å². The first-order valence-corrected chi connectivity index (χ1v) is 7.06. The molecule has 0 fully saturated rings. The van der Waals surface area contributed by atoms with Crippen molar-refractivity contribution in [2.75, 3.05) is 6.61 Å². The number of pyridine rings is 1. The molecule has 1 aromatic carbocycles. The minimum Gasteiger partial charge on any atom is -0.493 e. The molecule has 104 valence electrons. The average molecular weight is 269 g/mol. The fourth-order valence-electron chi connectivity index (χ4n) is 2.79. The predicted octanol–water partition coefficient (Wildman–Crippen LogP) is 3.38. The van der Waals surface area contributed by atoms with Crippen molar-refractivity contribution in [3.05, 3.63) is 59.4 Å². The van der Waals surface area contributed by atoms with Crippen LogP contribution >= 0.6 is 0 Å². The molecule has 3 nitrogen and oxygen atoms in total. The van der Waals surface area contributed by atoms with Gasteiger partial charge in [-0.2, -0.15) is 0 Å². The van der Waals surface area contributed by atoms with Gasteiger partial charge >= 0.3 is 0 Å². The third-order valence-corrected chi connectivity index (χ3v) is 3.87. The van der Waals surface area contributed by atoms with Gasteiger partial charge < -0.3 is 9.84 Å². The second-order valence-corrected chi connectivity index (χ2v) is 5.38. The molecule has 1 aliphatic heterocycles. The Kier molecular flexibility index (Phi) is 3.70. The van der Waals surface area contributed by atoms with Crippen molar-refractivity contribution in [1.82, 2.24) is 4.98 Å². The van der Waals surface area contributed by atoms with E-state index in [0.29, 0.717) is 12.3 Å². The van der Waals surface area contributed by atoms with E-state index in [1.165, 1.54) is 5.56 Å². The van der Waals surface area contributed by atoms with Crippen LogP contribution in [-0.4, -0.2) is 16.7 Å². The van der Waals surface area contributed by atoms with Crippen LogP contribution in [0.3, 0.4) is 0 Å². The summed E-state index contributed by atoms with van der Waals surface area (Å²) in [6, 6.07) is 12.0. The van der Waals surface area contributed by atoms with Crippen LogP contribution in [0, 0.1) is 6.92 Å². The lowest BCUT2D eigenvalue weighted by atomic mass is 9.87. The number of benzene rings is 1. The number of hydrogen-bond acceptors (Lipinski definition) is 3. The largest absolute Gasteiger partial charge is 0.493 e. The summed E-state index contributed by atoms with van der Waals surface area (Å²) in [7, 11) is 0. The Bertz CT molecular complexity index is 597. The molecular weight excluding hydrogens is 250 g/mol. The lowest BCUT2D eigenvalue weighted by Gasteiger charge is -2.27. The van der Waals surface area contributed by atoms with Gasteiger partial charge in [-0.25, -0.2) is 0 Å². The Morgan fingerprint density at radius 2 is 2.20 bits per heavy atom. The van der Waals surface area contributed by atoms with Crippen molar-refractivity contribution >= 4 is 0 Å². The molecule has 1 N–H and O–H groups in total. The van der Waals surface area contributed by atoms with Gasteiger partial charge in [0.2, 0.25) is 0 Å². The molecule has 0 bridgehead atoms. The van der Waals surface area contributed by atoms with Crippen LogP contribution in [0.1, 0.15) is 41.7 Å². The minimum atomic E-state index is -0.522. The van der Waals surface area contributed by atoms with Crippen LogP contribution in [0.2, 0.25) is 0 Å². The van der Waals surface area contributed by atoms with E-state index < -0.39 is 6.10 Å². The first-order valence-electron chi connectivity index (χ1n) is 7.06. The zero-order chi connectivity index (χ0) is 13.9. The number of aliphatic hydroxyl groups excluding tert-OH is 1. The third-order valence-electron chi connectivity index (χ3n) is 3.87. The number of aryl methyl sites for hydroxylation is 1. The Hall–Kier alpha value is -1.87. The minimum absolute atomic E-state index is 0.331. The number of para-hydroxylation sites is 1. The van der Waals surface area contributed by atoms with Gasteiger partial charge in [-0.1, -0.05) is 18.2 Å². The maximum atomic E-state index is 10.4. The van der Waals surface area contributed by atoms with Crippen molar-refractivity contribution in [2.24, 2.45) is 0 Å². The van der Waals surface area contributed by atoms with E-state index in [1.54, 1.807) is 6.20 Å². The number of nitrogens with zero attached hydrogens (tertiary/aromatic N) is 1. The van der Waals surface area contributed by atoms with Crippen LogP contribution in [0.25, 0.3) is 0 Å². The van der Waals surface area contributed by atoms with Crippen LogP contribution < -0.4 is 4.74 Å². The zero-order valence-corrected chi connectivity index (χ0v) is 11.6. The standard InChI is InChI=1S/C17H19NO2/c1-12-6-8-18-15(10-12)16(19)11-13-7-9-20-17-5-3-2-4-14(13)17/h2-6,8,10,13,16,19H,7,9,11H2,1H3. The van der Waals surface area contributed by atoms with Gasteiger partial charge in [-0.3, -0.25) is 4.98 Å². The molecule has 1 aromatic heterocycles. The number of aliphatic hydroxyl groups is 1. The van der Waals surface area contributed by atoms with Crippen LogP contribution in [0.5, 0.6) is 5.75 Å². The maximum absolute atomic E-state index is 10.4. The quantitative estimate of drug-likeness (QED) is 0.928. The molecule has 3 rings (SSSR count). The molecule has 2 atom stereocenters. The van der Waals surface area contributed by atoms with Crippen molar-refractivity contribution in [2.45, 2.75) is 31.8 Å². The van der Waals surface area contributed by atoms with Gasteiger partial charge in [-0.05, 0) is 55.0 Å². The highest BCUT2D eigenvalue weighted by molar-refractivity contribution is 5.38. The summed E-state index contributed by atoms with van der Waals surface area (Å²) in [6.07, 6.45) is 2.87. The third kappa shape index (κ3) is 2.68. The van der Waals surface area contributed by atoms with Gasteiger partial charge in [0.15, 0.2) is 0 Å². The molecule has 2 heterocycles. The number of aromatic nitrogens is 1. The maximum Gasteiger partial charge on any atom is 0.122 e. The lowest BCUT2D eigenvalue weighted by Crippen LogP contribution is -2.16. The molecule has 0 saturated heterocycles. The summed E-state index contributed by atoms with van der Waals surface area (Å²) in [5.41, 5.74) is 3.08. The van der Waals surface area contributed by atoms with E-state index in [4.69, 9.17) is 4.74 Å². The molecular formula is C17H19NO2. The molecule has 3 heteroatoms. The molecule has 0 aliphatic carbocycles. The van der Waals surface area contributed by atoms with Crippen LogP contribution in [0.15, 0.2) is 42.6 Å². The number of ether oxygens (including phenoxy) is 1.